The van der Waals surface area contributed by atoms with Crippen molar-refractivity contribution in [1.29, 1.82) is 0 Å². The van der Waals surface area contributed by atoms with Crippen LogP contribution < -0.4 is 9.62 Å². The fourth-order valence-electron chi connectivity index (χ4n) is 3.98. The molecule has 0 fully saturated rings. The molecule has 0 unspecified atom stereocenters. The van der Waals surface area contributed by atoms with Crippen LogP contribution in [0.15, 0.2) is 76.1 Å². The average Bonchev–Trinajstić information content (AvgIpc) is 2.91. The van der Waals surface area contributed by atoms with Crippen molar-refractivity contribution in [2.24, 2.45) is 0 Å². The van der Waals surface area contributed by atoms with Gasteiger partial charge in [0, 0.05) is 22.1 Å². The Morgan fingerprint density at radius 3 is 2.27 bits per heavy atom. The van der Waals surface area contributed by atoms with Crippen LogP contribution >= 0.6 is 27.5 Å². The number of amides is 2. The molecule has 214 valence electrons. The summed E-state index contributed by atoms with van der Waals surface area (Å²) in [4.78, 5) is 28.6. The highest BCUT2D eigenvalue weighted by Gasteiger charge is 2.33. The minimum atomic E-state index is -4.16. The first-order valence-electron chi connectivity index (χ1n) is 13.0. The largest absolute Gasteiger partial charge is 0.352 e. The maximum Gasteiger partial charge on any atom is 0.264 e. The number of aryl methyl sites for hydroxylation is 2. The molecule has 0 heterocycles. The molecule has 7 nitrogen and oxygen atoms in total. The SMILES string of the molecule is CC[C@@H](C)NC(=O)[C@H](C)N(Cc1cccc(Br)c1)C(=O)CN(c1ccc(C)c(Cl)c1)S(=O)(=O)c1ccc(C)cc1. The van der Waals surface area contributed by atoms with Crippen LogP contribution in [-0.4, -0.2) is 43.8 Å². The van der Waals surface area contributed by atoms with Crippen molar-refractivity contribution in [2.45, 2.75) is 64.6 Å². The second kappa shape index (κ2) is 13.7. The van der Waals surface area contributed by atoms with E-state index in [1.165, 1.54) is 23.1 Å². The number of hydrogen-bond donors (Lipinski definition) is 1. The van der Waals surface area contributed by atoms with Gasteiger partial charge in [0.1, 0.15) is 12.6 Å². The summed E-state index contributed by atoms with van der Waals surface area (Å²) >= 11 is 9.83. The molecule has 3 aromatic rings. The maximum absolute atomic E-state index is 14.0. The molecular formula is C30H35BrClN3O4S. The zero-order chi connectivity index (χ0) is 29.6. The molecule has 3 rings (SSSR count). The van der Waals surface area contributed by atoms with Crippen LogP contribution in [0.2, 0.25) is 5.02 Å². The summed E-state index contributed by atoms with van der Waals surface area (Å²) in [6, 6.07) is 17.8. The van der Waals surface area contributed by atoms with Crippen molar-refractivity contribution >= 4 is 55.1 Å². The van der Waals surface area contributed by atoms with Gasteiger partial charge in [-0.2, -0.15) is 0 Å². The van der Waals surface area contributed by atoms with Crippen molar-refractivity contribution in [3.63, 3.8) is 0 Å². The Labute approximate surface area is 250 Å². The fourth-order valence-corrected chi connectivity index (χ4v) is 6.01. The summed E-state index contributed by atoms with van der Waals surface area (Å²) in [6.45, 7) is 8.76. The van der Waals surface area contributed by atoms with Gasteiger partial charge in [-0.25, -0.2) is 8.42 Å². The van der Waals surface area contributed by atoms with Crippen molar-refractivity contribution in [2.75, 3.05) is 10.8 Å². The number of hydrogen-bond acceptors (Lipinski definition) is 4. The van der Waals surface area contributed by atoms with Crippen LogP contribution in [0.5, 0.6) is 0 Å². The second-order valence-corrected chi connectivity index (χ2v) is 13.1. The molecule has 10 heteroatoms. The van der Waals surface area contributed by atoms with E-state index in [-0.39, 0.29) is 29.1 Å². The minimum Gasteiger partial charge on any atom is -0.352 e. The number of carbonyl (C=O) groups excluding carboxylic acids is 2. The molecule has 0 saturated carbocycles. The number of nitrogens with zero attached hydrogens (tertiary/aromatic N) is 2. The lowest BCUT2D eigenvalue weighted by Crippen LogP contribution is -2.52. The van der Waals surface area contributed by atoms with Crippen LogP contribution in [0.25, 0.3) is 0 Å². The van der Waals surface area contributed by atoms with Crippen molar-refractivity contribution in [3.8, 4) is 0 Å². The first-order valence-corrected chi connectivity index (χ1v) is 15.6. The van der Waals surface area contributed by atoms with Gasteiger partial charge in [0.2, 0.25) is 11.8 Å². The number of halogens is 2. The molecule has 0 radical (unpaired) electrons. The molecule has 40 heavy (non-hydrogen) atoms. The Kier molecular flexibility index (Phi) is 10.8. The molecule has 0 aliphatic heterocycles. The Balaban J connectivity index is 2.05. The van der Waals surface area contributed by atoms with Crippen LogP contribution in [0.4, 0.5) is 5.69 Å². The highest BCUT2D eigenvalue weighted by Crippen LogP contribution is 2.29. The Bertz CT molecular complexity index is 1460. The van der Waals surface area contributed by atoms with E-state index < -0.39 is 28.5 Å². The summed E-state index contributed by atoms with van der Waals surface area (Å²) in [5.74, 6) is -0.844. The van der Waals surface area contributed by atoms with Crippen LogP contribution in [0, 0.1) is 13.8 Å². The standard InChI is InChI=1S/C30H35BrClN3O4S/c1-6-22(4)33-30(37)23(5)34(18-24-8-7-9-25(31)16-24)29(36)19-35(26-13-12-21(3)28(32)17-26)40(38,39)27-14-10-20(2)11-15-27/h7-17,22-23H,6,18-19H2,1-5H3,(H,33,37)/t22-,23+/m1/s1. The molecule has 0 bridgehead atoms. The molecular weight excluding hydrogens is 614 g/mol. The maximum atomic E-state index is 14.0. The number of rotatable bonds is 11. The summed E-state index contributed by atoms with van der Waals surface area (Å²) < 4.78 is 29.7. The van der Waals surface area contributed by atoms with E-state index in [1.54, 1.807) is 31.2 Å². The van der Waals surface area contributed by atoms with Gasteiger partial charge in [-0.05, 0) is 81.6 Å². The average molecular weight is 649 g/mol. The summed E-state index contributed by atoms with van der Waals surface area (Å²) in [6.07, 6.45) is 0.731. The van der Waals surface area contributed by atoms with E-state index in [0.29, 0.717) is 5.02 Å². The molecule has 2 atom stereocenters. The lowest BCUT2D eigenvalue weighted by atomic mass is 10.1. The molecule has 0 spiro atoms. The van der Waals surface area contributed by atoms with Gasteiger partial charge in [-0.3, -0.25) is 13.9 Å². The van der Waals surface area contributed by atoms with Crippen molar-refractivity contribution in [3.05, 3.63) is 92.9 Å². The van der Waals surface area contributed by atoms with Gasteiger partial charge < -0.3 is 10.2 Å². The van der Waals surface area contributed by atoms with Gasteiger partial charge in [0.25, 0.3) is 10.0 Å². The highest BCUT2D eigenvalue weighted by molar-refractivity contribution is 9.10. The summed E-state index contributed by atoms with van der Waals surface area (Å²) in [7, 11) is -4.16. The van der Waals surface area contributed by atoms with Crippen LogP contribution in [-0.2, 0) is 26.2 Å². The predicted octanol–water partition coefficient (Wildman–Crippen LogP) is 6.25. The van der Waals surface area contributed by atoms with Gasteiger partial charge >= 0.3 is 0 Å². The molecule has 2 amide bonds. The third-order valence-electron chi connectivity index (χ3n) is 6.74. The number of benzene rings is 3. The molecule has 0 aromatic heterocycles. The van der Waals surface area contributed by atoms with Crippen molar-refractivity contribution in [1.82, 2.24) is 10.2 Å². The van der Waals surface area contributed by atoms with E-state index in [1.807, 2.05) is 52.0 Å². The molecule has 1 N–H and O–H groups in total. The molecule has 0 saturated heterocycles. The van der Waals surface area contributed by atoms with Gasteiger partial charge in [0.15, 0.2) is 0 Å². The topological polar surface area (TPSA) is 86.8 Å². The van der Waals surface area contributed by atoms with Crippen LogP contribution in [0.1, 0.15) is 43.9 Å². The van der Waals surface area contributed by atoms with E-state index in [4.69, 9.17) is 11.6 Å². The monoisotopic (exact) mass is 647 g/mol. The number of sulfonamides is 1. The smallest absolute Gasteiger partial charge is 0.264 e. The zero-order valence-corrected chi connectivity index (χ0v) is 26.5. The fraction of sp³-hybridized carbons (Fsp3) is 0.333. The number of anilines is 1. The van der Waals surface area contributed by atoms with E-state index in [0.717, 1.165) is 31.9 Å². The zero-order valence-electron chi connectivity index (χ0n) is 23.3. The Hall–Kier alpha value is -2.88. The second-order valence-electron chi connectivity index (χ2n) is 9.90. The van der Waals surface area contributed by atoms with Crippen molar-refractivity contribution < 1.29 is 18.0 Å². The van der Waals surface area contributed by atoms with Crippen LogP contribution in [0.3, 0.4) is 0 Å². The molecule has 0 aliphatic carbocycles. The first-order chi connectivity index (χ1) is 18.8. The minimum absolute atomic E-state index is 0.0451. The Morgan fingerprint density at radius 1 is 1.00 bits per heavy atom. The summed E-state index contributed by atoms with van der Waals surface area (Å²) in [5.41, 5.74) is 2.72. The lowest BCUT2D eigenvalue weighted by molar-refractivity contribution is -0.139. The van der Waals surface area contributed by atoms with Gasteiger partial charge in [0.05, 0.1) is 10.6 Å². The predicted molar refractivity (Wildman–Crippen MR) is 164 cm³/mol. The van der Waals surface area contributed by atoms with Gasteiger partial charge in [-0.1, -0.05) is 70.3 Å². The first kappa shape index (κ1) is 31.6. The Morgan fingerprint density at radius 2 is 1.68 bits per heavy atom. The number of nitrogens with one attached hydrogen (secondary N) is 1. The lowest BCUT2D eigenvalue weighted by Gasteiger charge is -2.32. The molecule has 3 aromatic carbocycles. The highest BCUT2D eigenvalue weighted by atomic mass is 79.9. The molecule has 0 aliphatic rings. The number of carbonyl (C=O) groups is 2. The van der Waals surface area contributed by atoms with E-state index in [9.17, 15) is 18.0 Å². The third kappa shape index (κ3) is 7.86. The van der Waals surface area contributed by atoms with E-state index >= 15 is 0 Å². The summed E-state index contributed by atoms with van der Waals surface area (Å²) in [5, 5.41) is 3.31. The quantitative estimate of drug-likeness (QED) is 0.267. The van der Waals surface area contributed by atoms with E-state index in [2.05, 4.69) is 21.2 Å². The third-order valence-corrected chi connectivity index (χ3v) is 9.43. The normalized spacial score (nSPS) is 12.9. The van der Waals surface area contributed by atoms with Gasteiger partial charge in [-0.15, -0.1) is 0 Å².